The first kappa shape index (κ1) is 16.8. The molecule has 1 aliphatic rings. The molecule has 1 saturated heterocycles. The number of nitrogens with zero attached hydrogens (tertiary/aromatic N) is 5. The second-order valence-corrected chi connectivity index (χ2v) is 7.42. The van der Waals surface area contributed by atoms with E-state index in [1.54, 1.807) is 30.3 Å². The Morgan fingerprint density at radius 3 is 3.08 bits per heavy atom. The molecule has 1 amide bonds. The zero-order valence-electron chi connectivity index (χ0n) is 14.6. The van der Waals surface area contributed by atoms with E-state index in [-0.39, 0.29) is 5.91 Å². The summed E-state index contributed by atoms with van der Waals surface area (Å²) in [6, 6.07) is 0. The molecule has 7 nitrogen and oxygen atoms in total. The van der Waals surface area contributed by atoms with Gasteiger partial charge in [-0.15, -0.1) is 11.3 Å². The summed E-state index contributed by atoms with van der Waals surface area (Å²) in [5.41, 5.74) is 4.24. The van der Waals surface area contributed by atoms with Crippen molar-refractivity contribution in [2.45, 2.75) is 26.2 Å². The molecule has 0 aromatic carbocycles. The largest absolute Gasteiger partial charge is 0.343 e. The van der Waals surface area contributed by atoms with Gasteiger partial charge in [0, 0.05) is 31.7 Å². The number of carbonyl (C=O) groups excluding carboxylic acids is 1. The van der Waals surface area contributed by atoms with Gasteiger partial charge < -0.3 is 9.88 Å². The molecule has 0 aliphatic carbocycles. The molecule has 4 rings (SSSR count). The first-order valence-electron chi connectivity index (χ1n) is 8.70. The predicted octanol–water partition coefficient (Wildman–Crippen LogP) is 2.73. The van der Waals surface area contributed by atoms with Gasteiger partial charge in [0.1, 0.15) is 10.6 Å². The van der Waals surface area contributed by atoms with Crippen molar-refractivity contribution in [1.82, 2.24) is 29.8 Å². The van der Waals surface area contributed by atoms with Crippen molar-refractivity contribution >= 4 is 17.2 Å². The molecule has 1 atom stereocenters. The Morgan fingerprint density at radius 1 is 1.38 bits per heavy atom. The van der Waals surface area contributed by atoms with Crippen LogP contribution in [0, 0.1) is 12.8 Å². The maximum Gasteiger partial charge on any atom is 0.265 e. The van der Waals surface area contributed by atoms with Crippen LogP contribution < -0.4 is 0 Å². The molecule has 8 heteroatoms. The number of thiazole rings is 1. The standard InChI is InChI=1S/C18H20N6OS/c1-12-16(26-11-22-12)18(25)24-6-2-3-13(10-24)7-14-8-19-9-15(23-14)17-20-4-5-21-17/h4-5,8-9,11,13H,2-3,6-7,10H2,1H3,(H,20,21). The summed E-state index contributed by atoms with van der Waals surface area (Å²) in [6.07, 6.45) is 9.92. The van der Waals surface area contributed by atoms with Crippen LogP contribution in [0.4, 0.5) is 0 Å². The Hall–Kier alpha value is -2.61. The molecular formula is C18H20N6OS. The van der Waals surface area contributed by atoms with Gasteiger partial charge in [0.25, 0.3) is 5.91 Å². The molecule has 3 aromatic heterocycles. The summed E-state index contributed by atoms with van der Waals surface area (Å²) >= 11 is 1.42. The average molecular weight is 368 g/mol. The first-order chi connectivity index (χ1) is 12.7. The quantitative estimate of drug-likeness (QED) is 0.765. The zero-order valence-corrected chi connectivity index (χ0v) is 15.4. The lowest BCUT2D eigenvalue weighted by molar-refractivity contribution is 0.0676. The molecule has 134 valence electrons. The molecule has 1 fully saturated rings. The van der Waals surface area contributed by atoms with Gasteiger partial charge in [-0.25, -0.2) is 15.0 Å². The number of aryl methyl sites for hydroxylation is 1. The van der Waals surface area contributed by atoms with E-state index in [2.05, 4.69) is 24.9 Å². The minimum atomic E-state index is 0.102. The highest BCUT2D eigenvalue weighted by atomic mass is 32.1. The number of rotatable bonds is 4. The fourth-order valence-electron chi connectivity index (χ4n) is 3.39. The Morgan fingerprint density at radius 2 is 2.31 bits per heavy atom. The van der Waals surface area contributed by atoms with Crippen molar-refractivity contribution in [2.24, 2.45) is 5.92 Å². The van der Waals surface area contributed by atoms with Crippen molar-refractivity contribution in [3.63, 3.8) is 0 Å². The number of carbonyl (C=O) groups is 1. The highest BCUT2D eigenvalue weighted by molar-refractivity contribution is 7.11. The molecule has 1 aliphatic heterocycles. The van der Waals surface area contributed by atoms with Crippen LogP contribution >= 0.6 is 11.3 Å². The summed E-state index contributed by atoms with van der Waals surface area (Å²) in [4.78, 5) is 35.9. The Bertz CT molecular complexity index is 891. The maximum absolute atomic E-state index is 12.7. The zero-order chi connectivity index (χ0) is 17.9. The van der Waals surface area contributed by atoms with Crippen LogP contribution in [-0.2, 0) is 6.42 Å². The number of nitrogens with one attached hydrogen (secondary N) is 1. The fraction of sp³-hybridized carbons (Fsp3) is 0.389. The number of amides is 1. The Labute approximate surface area is 155 Å². The summed E-state index contributed by atoms with van der Waals surface area (Å²) in [6.45, 7) is 3.45. The molecule has 1 unspecified atom stereocenters. The second kappa shape index (κ2) is 7.33. The third kappa shape index (κ3) is 3.50. The second-order valence-electron chi connectivity index (χ2n) is 6.56. The highest BCUT2D eigenvalue weighted by Gasteiger charge is 2.26. The van der Waals surface area contributed by atoms with Gasteiger partial charge in [-0.2, -0.15) is 0 Å². The lowest BCUT2D eigenvalue weighted by atomic mass is 9.93. The van der Waals surface area contributed by atoms with Crippen LogP contribution in [0.25, 0.3) is 11.5 Å². The number of piperidine rings is 1. The van der Waals surface area contributed by atoms with Gasteiger partial charge >= 0.3 is 0 Å². The SMILES string of the molecule is Cc1ncsc1C(=O)N1CCCC(Cc2cncc(-c3ncc[nH]3)n2)C1. The molecule has 3 aromatic rings. The molecule has 1 N–H and O–H groups in total. The maximum atomic E-state index is 12.7. The first-order valence-corrected chi connectivity index (χ1v) is 9.58. The van der Waals surface area contributed by atoms with E-state index in [0.29, 0.717) is 5.92 Å². The minimum absolute atomic E-state index is 0.102. The Kier molecular flexibility index (Phi) is 4.75. The average Bonchev–Trinajstić information content (AvgIpc) is 3.33. The number of imidazole rings is 1. The summed E-state index contributed by atoms with van der Waals surface area (Å²) in [5, 5.41) is 0. The van der Waals surface area contributed by atoms with Crippen LogP contribution in [0.2, 0.25) is 0 Å². The van der Waals surface area contributed by atoms with Gasteiger partial charge in [-0.3, -0.25) is 9.78 Å². The number of aromatic nitrogens is 5. The van der Waals surface area contributed by atoms with E-state index in [0.717, 1.165) is 60.1 Å². The topological polar surface area (TPSA) is 87.7 Å². The van der Waals surface area contributed by atoms with Gasteiger partial charge in [0.2, 0.25) is 0 Å². The van der Waals surface area contributed by atoms with Gasteiger partial charge in [-0.1, -0.05) is 0 Å². The smallest absolute Gasteiger partial charge is 0.265 e. The van der Waals surface area contributed by atoms with Gasteiger partial charge in [-0.05, 0) is 32.1 Å². The lowest BCUT2D eigenvalue weighted by Crippen LogP contribution is -2.40. The molecule has 0 saturated carbocycles. The van der Waals surface area contributed by atoms with Crippen LogP contribution in [-0.4, -0.2) is 48.8 Å². The number of hydrogen-bond acceptors (Lipinski definition) is 6. The highest BCUT2D eigenvalue weighted by Crippen LogP contribution is 2.24. The van der Waals surface area contributed by atoms with Crippen LogP contribution in [0.1, 0.15) is 33.9 Å². The number of likely N-dealkylation sites (tertiary alicyclic amines) is 1. The van der Waals surface area contributed by atoms with E-state index in [1.807, 2.05) is 11.8 Å². The number of hydrogen-bond donors (Lipinski definition) is 1. The van der Waals surface area contributed by atoms with E-state index in [4.69, 9.17) is 0 Å². The van der Waals surface area contributed by atoms with E-state index in [1.165, 1.54) is 11.3 Å². The van der Waals surface area contributed by atoms with Crippen molar-refractivity contribution in [2.75, 3.05) is 13.1 Å². The Balaban J connectivity index is 1.45. The third-order valence-electron chi connectivity index (χ3n) is 4.67. The van der Waals surface area contributed by atoms with Crippen LogP contribution in [0.5, 0.6) is 0 Å². The molecule has 0 radical (unpaired) electrons. The van der Waals surface area contributed by atoms with E-state index < -0.39 is 0 Å². The van der Waals surface area contributed by atoms with Crippen LogP contribution in [0.3, 0.4) is 0 Å². The fourth-order valence-corrected chi connectivity index (χ4v) is 4.16. The number of H-pyrrole nitrogens is 1. The summed E-state index contributed by atoms with van der Waals surface area (Å²) in [7, 11) is 0. The molecule has 0 spiro atoms. The molecule has 26 heavy (non-hydrogen) atoms. The van der Waals surface area contributed by atoms with E-state index in [9.17, 15) is 4.79 Å². The predicted molar refractivity (Wildman–Crippen MR) is 98.8 cm³/mol. The van der Waals surface area contributed by atoms with Crippen LogP contribution in [0.15, 0.2) is 30.3 Å². The summed E-state index contributed by atoms with van der Waals surface area (Å²) < 4.78 is 0. The van der Waals surface area contributed by atoms with E-state index >= 15 is 0 Å². The van der Waals surface area contributed by atoms with Crippen molar-refractivity contribution in [3.05, 3.63) is 46.6 Å². The summed E-state index contributed by atoms with van der Waals surface area (Å²) in [5.74, 6) is 1.22. The minimum Gasteiger partial charge on any atom is -0.343 e. The van der Waals surface area contributed by atoms with Crippen molar-refractivity contribution in [3.8, 4) is 11.5 Å². The molecule has 4 heterocycles. The normalized spacial score (nSPS) is 17.4. The van der Waals surface area contributed by atoms with Gasteiger partial charge in [0.15, 0.2) is 5.82 Å². The molecule has 0 bridgehead atoms. The third-order valence-corrected chi connectivity index (χ3v) is 5.59. The monoisotopic (exact) mass is 368 g/mol. The lowest BCUT2D eigenvalue weighted by Gasteiger charge is -2.32. The molecular weight excluding hydrogens is 348 g/mol. The number of aromatic amines is 1. The van der Waals surface area contributed by atoms with Crippen molar-refractivity contribution < 1.29 is 4.79 Å². The van der Waals surface area contributed by atoms with Gasteiger partial charge in [0.05, 0.1) is 23.1 Å². The van der Waals surface area contributed by atoms with Crippen molar-refractivity contribution in [1.29, 1.82) is 0 Å².